The summed E-state index contributed by atoms with van der Waals surface area (Å²) < 4.78 is 5.52. The molecule has 1 aliphatic heterocycles. The molecule has 0 aliphatic carbocycles. The zero-order chi connectivity index (χ0) is 30.2. The van der Waals surface area contributed by atoms with Crippen LogP contribution in [-0.2, 0) is 16.1 Å². The molecule has 1 fully saturated rings. The molecule has 2 N–H and O–H groups in total. The third-order valence-electron chi connectivity index (χ3n) is 7.01. The fourth-order valence-electron chi connectivity index (χ4n) is 4.82. The summed E-state index contributed by atoms with van der Waals surface area (Å²) in [6, 6.07) is 20.1. The van der Waals surface area contributed by atoms with Crippen LogP contribution in [0.15, 0.2) is 85.3 Å². The summed E-state index contributed by atoms with van der Waals surface area (Å²) >= 11 is 5.90. The summed E-state index contributed by atoms with van der Waals surface area (Å²) in [4.78, 5) is 49.4. The van der Waals surface area contributed by atoms with Gasteiger partial charge in [0, 0.05) is 44.8 Å². The third kappa shape index (κ3) is 7.73. The van der Waals surface area contributed by atoms with Crippen molar-refractivity contribution in [2.75, 3.05) is 43.1 Å². The van der Waals surface area contributed by atoms with Gasteiger partial charge in [-0.25, -0.2) is 4.98 Å². The normalized spacial score (nSPS) is 12.9. The van der Waals surface area contributed by atoms with E-state index in [1.807, 2.05) is 42.5 Å². The van der Waals surface area contributed by atoms with Crippen LogP contribution in [0.25, 0.3) is 11.1 Å². The number of carbonyl (C=O) groups excluding carboxylic acids is 2. The minimum Gasteiger partial charge on any atom is -0.481 e. The smallest absolute Gasteiger partial charge is 0.305 e. The summed E-state index contributed by atoms with van der Waals surface area (Å²) in [6.45, 7) is 2.84. The number of nitrogens with one attached hydrogen (secondary N) is 1. The van der Waals surface area contributed by atoms with Crippen LogP contribution in [0.3, 0.4) is 0 Å². The van der Waals surface area contributed by atoms with Gasteiger partial charge in [0.2, 0.25) is 0 Å². The van der Waals surface area contributed by atoms with Gasteiger partial charge in [0.05, 0.1) is 42.1 Å². The van der Waals surface area contributed by atoms with E-state index < -0.39 is 5.97 Å². The van der Waals surface area contributed by atoms with Gasteiger partial charge in [-0.3, -0.25) is 19.4 Å². The number of hydrogen-bond acceptors (Lipinski definition) is 7. The molecular formula is C32H30ClN5O5. The number of amides is 2. The summed E-state index contributed by atoms with van der Waals surface area (Å²) in [5.41, 5.74) is 4.85. The van der Waals surface area contributed by atoms with Crippen LogP contribution in [0.5, 0.6) is 0 Å². The van der Waals surface area contributed by atoms with E-state index in [0.717, 1.165) is 22.4 Å². The fourth-order valence-corrected chi connectivity index (χ4v) is 4.94. The monoisotopic (exact) mass is 599 g/mol. The molecule has 43 heavy (non-hydrogen) atoms. The third-order valence-corrected chi connectivity index (χ3v) is 7.23. The van der Waals surface area contributed by atoms with Gasteiger partial charge in [0.1, 0.15) is 5.15 Å². The average molecular weight is 600 g/mol. The molecule has 2 aromatic carbocycles. The largest absolute Gasteiger partial charge is 0.481 e. The molecule has 0 spiro atoms. The highest BCUT2D eigenvalue weighted by atomic mass is 35.5. The second-order valence-corrected chi connectivity index (χ2v) is 10.4. The first kappa shape index (κ1) is 29.7. The minimum atomic E-state index is -0.984. The number of halogens is 1. The second-order valence-electron chi connectivity index (χ2n) is 9.97. The topological polar surface area (TPSA) is 125 Å². The maximum Gasteiger partial charge on any atom is 0.305 e. The average Bonchev–Trinajstić information content (AvgIpc) is 3.04. The highest BCUT2D eigenvalue weighted by molar-refractivity contribution is 6.29. The quantitative estimate of drug-likeness (QED) is 0.244. The van der Waals surface area contributed by atoms with Crippen molar-refractivity contribution in [2.45, 2.75) is 13.0 Å². The number of aliphatic carboxylic acids is 1. The molecule has 2 amide bonds. The van der Waals surface area contributed by atoms with Crippen LogP contribution in [-0.4, -0.2) is 70.6 Å². The van der Waals surface area contributed by atoms with Crippen LogP contribution < -0.4 is 10.2 Å². The Morgan fingerprint density at radius 2 is 1.77 bits per heavy atom. The number of aromatic nitrogens is 2. The molecule has 5 rings (SSSR count). The van der Waals surface area contributed by atoms with Gasteiger partial charge in [-0.15, -0.1) is 0 Å². The minimum absolute atomic E-state index is 0.0528. The number of carboxylic acid groups (broad SMARTS) is 1. The molecular weight excluding hydrogens is 570 g/mol. The zero-order valence-corrected chi connectivity index (χ0v) is 24.0. The Hall–Kier alpha value is -4.80. The maximum atomic E-state index is 13.2. The molecule has 3 heterocycles. The lowest BCUT2D eigenvalue weighted by Crippen LogP contribution is -2.36. The Kier molecular flexibility index (Phi) is 9.60. The van der Waals surface area contributed by atoms with Gasteiger partial charge in [0.25, 0.3) is 11.8 Å². The number of morpholine rings is 1. The van der Waals surface area contributed by atoms with E-state index in [-0.39, 0.29) is 31.3 Å². The molecule has 0 radical (unpaired) electrons. The van der Waals surface area contributed by atoms with Crippen molar-refractivity contribution < 1.29 is 24.2 Å². The van der Waals surface area contributed by atoms with Crippen molar-refractivity contribution in [1.82, 2.24) is 14.9 Å². The first-order valence-electron chi connectivity index (χ1n) is 13.8. The standard InChI is InChI=1S/C32H30ClN5O5/c33-29-9-7-25(20-35-29)31(41)36-27-18-24(6-8-28(27)37-13-15-43-16-14-37)23-4-1-3-22(17-23)21-38(12-10-30(39)40)32(42)26-5-2-11-34-19-26/h1-9,11,17-20H,10,12-16,21H2,(H,36,41)(H,39,40). The van der Waals surface area contributed by atoms with Gasteiger partial charge < -0.3 is 25.0 Å². The Balaban J connectivity index is 1.43. The molecule has 0 unspecified atom stereocenters. The van der Waals surface area contributed by atoms with E-state index in [9.17, 15) is 19.5 Å². The lowest BCUT2D eigenvalue weighted by molar-refractivity contribution is -0.137. The predicted octanol–water partition coefficient (Wildman–Crippen LogP) is 5.00. The van der Waals surface area contributed by atoms with Crippen LogP contribution in [0.4, 0.5) is 11.4 Å². The Labute approximate surface area is 253 Å². The number of carboxylic acids is 1. The van der Waals surface area contributed by atoms with Gasteiger partial charge in [-0.05, 0) is 59.2 Å². The number of rotatable bonds is 10. The molecule has 220 valence electrons. The molecule has 4 aromatic rings. The van der Waals surface area contributed by atoms with E-state index in [4.69, 9.17) is 16.3 Å². The zero-order valence-electron chi connectivity index (χ0n) is 23.3. The van der Waals surface area contributed by atoms with Crippen molar-refractivity contribution in [3.63, 3.8) is 0 Å². The van der Waals surface area contributed by atoms with Crippen LogP contribution >= 0.6 is 11.6 Å². The van der Waals surface area contributed by atoms with E-state index in [1.165, 1.54) is 17.3 Å². The molecule has 1 aliphatic rings. The molecule has 0 saturated carbocycles. The van der Waals surface area contributed by atoms with Crippen molar-refractivity contribution in [3.8, 4) is 11.1 Å². The summed E-state index contributed by atoms with van der Waals surface area (Å²) in [5, 5.41) is 12.6. The van der Waals surface area contributed by atoms with Crippen LogP contribution in [0.1, 0.15) is 32.7 Å². The lowest BCUT2D eigenvalue weighted by atomic mass is 10.0. The van der Waals surface area contributed by atoms with E-state index >= 15 is 0 Å². The van der Waals surface area contributed by atoms with Crippen molar-refractivity contribution in [2.24, 2.45) is 0 Å². The number of anilines is 2. The first-order chi connectivity index (χ1) is 20.9. The summed E-state index contributed by atoms with van der Waals surface area (Å²) in [6.07, 6.45) is 4.30. The number of pyridine rings is 2. The van der Waals surface area contributed by atoms with Crippen molar-refractivity contribution in [1.29, 1.82) is 0 Å². The molecule has 0 atom stereocenters. The van der Waals surface area contributed by atoms with Crippen molar-refractivity contribution >= 4 is 40.8 Å². The summed E-state index contributed by atoms with van der Waals surface area (Å²) in [5.74, 6) is -1.59. The second kappa shape index (κ2) is 13.9. The molecule has 2 aromatic heterocycles. The highest BCUT2D eigenvalue weighted by Gasteiger charge is 2.20. The SMILES string of the molecule is O=C(O)CCN(Cc1cccc(-c2ccc(N3CCOCC3)c(NC(=O)c3ccc(Cl)nc3)c2)c1)C(=O)c1cccnc1. The fraction of sp³-hybridized carbons (Fsp3) is 0.219. The number of carbonyl (C=O) groups is 3. The predicted molar refractivity (Wildman–Crippen MR) is 163 cm³/mol. The highest BCUT2D eigenvalue weighted by Crippen LogP contribution is 2.33. The molecule has 10 nitrogen and oxygen atoms in total. The van der Waals surface area contributed by atoms with Gasteiger partial charge >= 0.3 is 5.97 Å². The van der Waals surface area contributed by atoms with Crippen LogP contribution in [0.2, 0.25) is 5.15 Å². The van der Waals surface area contributed by atoms with Gasteiger partial charge in [-0.1, -0.05) is 35.9 Å². The lowest BCUT2D eigenvalue weighted by Gasteiger charge is -2.31. The summed E-state index contributed by atoms with van der Waals surface area (Å²) in [7, 11) is 0. The van der Waals surface area contributed by atoms with Gasteiger partial charge in [-0.2, -0.15) is 0 Å². The Bertz CT molecular complexity index is 1590. The number of hydrogen-bond donors (Lipinski definition) is 2. The molecule has 1 saturated heterocycles. The van der Waals surface area contributed by atoms with E-state index in [1.54, 1.807) is 30.5 Å². The number of ether oxygens (including phenoxy) is 1. The van der Waals surface area contributed by atoms with Crippen LogP contribution in [0, 0.1) is 0 Å². The number of benzene rings is 2. The first-order valence-corrected chi connectivity index (χ1v) is 14.2. The Morgan fingerprint density at radius 1 is 0.953 bits per heavy atom. The maximum absolute atomic E-state index is 13.2. The Morgan fingerprint density at radius 3 is 2.49 bits per heavy atom. The molecule has 11 heteroatoms. The van der Waals surface area contributed by atoms with E-state index in [0.29, 0.717) is 48.3 Å². The van der Waals surface area contributed by atoms with Gasteiger partial charge in [0.15, 0.2) is 0 Å². The van der Waals surface area contributed by atoms with Crippen molar-refractivity contribution in [3.05, 3.63) is 107 Å². The molecule has 0 bridgehead atoms. The van der Waals surface area contributed by atoms with E-state index in [2.05, 4.69) is 20.2 Å². The number of nitrogens with zero attached hydrogens (tertiary/aromatic N) is 4.